The summed E-state index contributed by atoms with van der Waals surface area (Å²) in [6.45, 7) is 8.49. The van der Waals surface area contributed by atoms with Gasteiger partial charge in [-0.3, -0.25) is 4.79 Å². The highest BCUT2D eigenvalue weighted by molar-refractivity contribution is 6.10. The summed E-state index contributed by atoms with van der Waals surface area (Å²) < 4.78 is 16.5. The molecule has 0 atom stereocenters. The lowest BCUT2D eigenvalue weighted by Crippen LogP contribution is -2.04. The Bertz CT molecular complexity index is 640. The van der Waals surface area contributed by atoms with Crippen LogP contribution in [-0.2, 0) is 0 Å². The molecule has 4 nitrogen and oxygen atoms in total. The lowest BCUT2D eigenvalue weighted by atomic mass is 10.0. The fraction of sp³-hybridized carbons (Fsp3) is 0.353. The summed E-state index contributed by atoms with van der Waals surface area (Å²) in [6.07, 6.45) is 0. The summed E-state index contributed by atoms with van der Waals surface area (Å²) in [5.74, 6) is 2.52. The number of rotatable bonds is 6. The molecule has 0 saturated carbocycles. The molecule has 1 aromatic heterocycles. The molecule has 0 spiro atoms. The van der Waals surface area contributed by atoms with Crippen molar-refractivity contribution in [2.75, 3.05) is 13.2 Å². The molecule has 1 heterocycles. The number of ketones is 1. The molecule has 0 amide bonds. The van der Waals surface area contributed by atoms with Gasteiger partial charge in [-0.1, -0.05) is 0 Å². The van der Waals surface area contributed by atoms with Gasteiger partial charge in [0.2, 0.25) is 0 Å². The smallest absolute Gasteiger partial charge is 0.196 e. The Morgan fingerprint density at radius 1 is 1.05 bits per heavy atom. The molecule has 0 saturated heterocycles. The second kappa shape index (κ2) is 6.48. The summed E-state index contributed by atoms with van der Waals surface area (Å²) in [6, 6.07) is 6.99. The number of carbonyl (C=O) groups is 1. The Morgan fingerprint density at radius 2 is 1.71 bits per heavy atom. The summed E-state index contributed by atoms with van der Waals surface area (Å²) in [7, 11) is 0. The van der Waals surface area contributed by atoms with Crippen molar-refractivity contribution >= 4 is 5.78 Å². The van der Waals surface area contributed by atoms with Gasteiger partial charge in [0.15, 0.2) is 17.3 Å². The van der Waals surface area contributed by atoms with E-state index in [1.807, 2.05) is 20.8 Å². The maximum Gasteiger partial charge on any atom is 0.196 e. The van der Waals surface area contributed by atoms with Crippen molar-refractivity contribution in [1.82, 2.24) is 0 Å². The van der Waals surface area contributed by atoms with Gasteiger partial charge in [-0.2, -0.15) is 0 Å². The SMILES string of the molecule is CCOc1ccc(C(=O)c2cc(C)oc2C)cc1OCC. The Morgan fingerprint density at radius 3 is 2.29 bits per heavy atom. The summed E-state index contributed by atoms with van der Waals surface area (Å²) in [5, 5.41) is 0. The third-order valence-electron chi connectivity index (χ3n) is 3.09. The van der Waals surface area contributed by atoms with Gasteiger partial charge in [0.05, 0.1) is 18.8 Å². The predicted molar refractivity (Wildman–Crippen MR) is 80.4 cm³/mol. The first-order valence-electron chi connectivity index (χ1n) is 7.08. The molecular formula is C17H20O4. The fourth-order valence-electron chi connectivity index (χ4n) is 2.20. The molecule has 0 aliphatic carbocycles. The van der Waals surface area contributed by atoms with E-state index in [9.17, 15) is 4.79 Å². The Hall–Kier alpha value is -2.23. The monoisotopic (exact) mass is 288 g/mol. The first-order chi connectivity index (χ1) is 10.1. The van der Waals surface area contributed by atoms with Crippen molar-refractivity contribution in [3.8, 4) is 11.5 Å². The Kier molecular flexibility index (Phi) is 4.68. The first kappa shape index (κ1) is 15.2. The fourth-order valence-corrected chi connectivity index (χ4v) is 2.20. The van der Waals surface area contributed by atoms with E-state index in [1.165, 1.54) is 0 Å². The third kappa shape index (κ3) is 3.27. The molecule has 0 aliphatic heterocycles. The van der Waals surface area contributed by atoms with Crippen molar-refractivity contribution in [1.29, 1.82) is 0 Å². The predicted octanol–water partition coefficient (Wildman–Crippen LogP) is 3.92. The van der Waals surface area contributed by atoms with Gasteiger partial charge in [0.1, 0.15) is 11.5 Å². The van der Waals surface area contributed by atoms with Crippen molar-refractivity contribution in [2.45, 2.75) is 27.7 Å². The molecule has 4 heteroatoms. The van der Waals surface area contributed by atoms with Crippen LogP contribution in [0, 0.1) is 13.8 Å². The van der Waals surface area contributed by atoms with Crippen molar-refractivity contribution in [3.05, 3.63) is 46.9 Å². The Labute approximate surface area is 124 Å². The van der Waals surface area contributed by atoms with E-state index in [4.69, 9.17) is 13.9 Å². The molecule has 2 aromatic rings. The molecule has 0 aliphatic rings. The van der Waals surface area contributed by atoms with E-state index in [1.54, 1.807) is 31.2 Å². The van der Waals surface area contributed by atoms with Gasteiger partial charge in [-0.05, 0) is 52.0 Å². The van der Waals surface area contributed by atoms with E-state index in [0.717, 1.165) is 5.76 Å². The van der Waals surface area contributed by atoms with Gasteiger partial charge in [-0.15, -0.1) is 0 Å². The van der Waals surface area contributed by atoms with Crippen LogP contribution in [-0.4, -0.2) is 19.0 Å². The zero-order chi connectivity index (χ0) is 15.4. The average Bonchev–Trinajstić information content (AvgIpc) is 2.79. The Balaban J connectivity index is 2.37. The number of aryl methyl sites for hydroxylation is 2. The molecular weight excluding hydrogens is 268 g/mol. The van der Waals surface area contributed by atoms with Crippen molar-refractivity contribution in [3.63, 3.8) is 0 Å². The van der Waals surface area contributed by atoms with E-state index >= 15 is 0 Å². The van der Waals surface area contributed by atoms with Gasteiger partial charge in [0.25, 0.3) is 0 Å². The molecule has 0 bridgehead atoms. The number of carbonyl (C=O) groups excluding carboxylic acids is 1. The van der Waals surface area contributed by atoms with Crippen LogP contribution in [0.25, 0.3) is 0 Å². The minimum atomic E-state index is -0.0756. The van der Waals surface area contributed by atoms with E-state index in [-0.39, 0.29) is 5.78 Å². The van der Waals surface area contributed by atoms with Crippen molar-refractivity contribution < 1.29 is 18.7 Å². The zero-order valence-corrected chi connectivity index (χ0v) is 12.9. The molecule has 112 valence electrons. The zero-order valence-electron chi connectivity index (χ0n) is 12.9. The van der Waals surface area contributed by atoms with Gasteiger partial charge >= 0.3 is 0 Å². The standard InChI is InChI=1S/C17H20O4/c1-5-19-15-8-7-13(10-16(15)20-6-2)17(18)14-9-11(3)21-12(14)4/h7-10H,5-6H2,1-4H3. The number of hydrogen-bond acceptors (Lipinski definition) is 4. The minimum absolute atomic E-state index is 0.0756. The van der Waals surface area contributed by atoms with Crippen LogP contribution in [0.2, 0.25) is 0 Å². The second-order valence-electron chi connectivity index (χ2n) is 4.68. The van der Waals surface area contributed by atoms with E-state index in [2.05, 4.69) is 0 Å². The van der Waals surface area contributed by atoms with Crippen LogP contribution in [0.1, 0.15) is 41.3 Å². The van der Waals surface area contributed by atoms with Crippen LogP contribution in [0.3, 0.4) is 0 Å². The minimum Gasteiger partial charge on any atom is -0.490 e. The number of hydrogen-bond donors (Lipinski definition) is 0. The topological polar surface area (TPSA) is 48.7 Å². The highest BCUT2D eigenvalue weighted by atomic mass is 16.5. The van der Waals surface area contributed by atoms with Crippen LogP contribution in [0.4, 0.5) is 0 Å². The highest BCUT2D eigenvalue weighted by Gasteiger charge is 2.17. The lowest BCUT2D eigenvalue weighted by Gasteiger charge is -2.11. The molecule has 0 N–H and O–H groups in total. The normalized spacial score (nSPS) is 10.5. The average molecular weight is 288 g/mol. The molecule has 21 heavy (non-hydrogen) atoms. The summed E-state index contributed by atoms with van der Waals surface area (Å²) in [4.78, 5) is 12.5. The van der Waals surface area contributed by atoms with Gasteiger partial charge < -0.3 is 13.9 Å². The largest absolute Gasteiger partial charge is 0.490 e. The lowest BCUT2D eigenvalue weighted by molar-refractivity contribution is 0.103. The number of ether oxygens (including phenoxy) is 2. The number of benzene rings is 1. The van der Waals surface area contributed by atoms with Crippen LogP contribution in [0.5, 0.6) is 11.5 Å². The number of furan rings is 1. The molecule has 1 aromatic carbocycles. The summed E-state index contributed by atoms with van der Waals surface area (Å²) in [5.41, 5.74) is 1.14. The molecule has 0 unspecified atom stereocenters. The van der Waals surface area contributed by atoms with Crippen molar-refractivity contribution in [2.24, 2.45) is 0 Å². The quantitative estimate of drug-likeness (QED) is 0.756. The summed E-state index contributed by atoms with van der Waals surface area (Å²) >= 11 is 0. The molecule has 0 fully saturated rings. The first-order valence-corrected chi connectivity index (χ1v) is 7.08. The molecule has 2 rings (SSSR count). The maximum absolute atomic E-state index is 12.5. The van der Waals surface area contributed by atoms with Gasteiger partial charge in [0, 0.05) is 5.56 Å². The van der Waals surface area contributed by atoms with Crippen LogP contribution in [0.15, 0.2) is 28.7 Å². The second-order valence-corrected chi connectivity index (χ2v) is 4.68. The van der Waals surface area contributed by atoms with E-state index < -0.39 is 0 Å². The van der Waals surface area contributed by atoms with Crippen LogP contribution >= 0.6 is 0 Å². The van der Waals surface area contributed by atoms with E-state index in [0.29, 0.717) is 41.6 Å². The van der Waals surface area contributed by atoms with Crippen LogP contribution < -0.4 is 9.47 Å². The van der Waals surface area contributed by atoms with Gasteiger partial charge in [-0.25, -0.2) is 0 Å². The maximum atomic E-state index is 12.5. The molecule has 0 radical (unpaired) electrons. The third-order valence-corrected chi connectivity index (χ3v) is 3.09. The highest BCUT2D eigenvalue weighted by Crippen LogP contribution is 2.30.